The van der Waals surface area contributed by atoms with Gasteiger partial charge in [-0.2, -0.15) is 5.10 Å². The number of nitrogens with one attached hydrogen (secondary N) is 2. The van der Waals surface area contributed by atoms with E-state index in [4.69, 9.17) is 0 Å². The zero-order valence-corrected chi connectivity index (χ0v) is 9.66. The first-order valence-electron chi connectivity index (χ1n) is 5.33. The lowest BCUT2D eigenvalue weighted by molar-refractivity contribution is 0.0939. The molecule has 0 saturated carbocycles. The summed E-state index contributed by atoms with van der Waals surface area (Å²) in [7, 11) is 1.82. The van der Waals surface area contributed by atoms with E-state index in [1.807, 2.05) is 39.1 Å². The van der Waals surface area contributed by atoms with E-state index in [0.717, 1.165) is 22.3 Å². The lowest BCUT2D eigenvalue weighted by Crippen LogP contribution is -2.06. The number of anilines is 1. The summed E-state index contributed by atoms with van der Waals surface area (Å²) in [5.41, 5.74) is 1.62. The van der Waals surface area contributed by atoms with Crippen LogP contribution in [0, 0.1) is 5.92 Å². The Balaban J connectivity index is 2.49. The van der Waals surface area contributed by atoms with Crippen LogP contribution < -0.4 is 5.32 Å². The lowest BCUT2D eigenvalue weighted by atomic mass is 10.0. The topological polar surface area (TPSA) is 57.8 Å². The number of hydrogen-bond acceptors (Lipinski definition) is 3. The fourth-order valence-electron chi connectivity index (χ4n) is 1.70. The Morgan fingerprint density at radius 1 is 1.44 bits per heavy atom. The minimum Gasteiger partial charge on any atom is -0.371 e. The molecule has 2 rings (SSSR count). The smallest absolute Gasteiger partial charge is 0.165 e. The third kappa shape index (κ3) is 1.66. The molecule has 2 aromatic rings. The minimum absolute atomic E-state index is 0.0177. The highest BCUT2D eigenvalue weighted by Gasteiger charge is 2.12. The van der Waals surface area contributed by atoms with Crippen molar-refractivity contribution in [1.82, 2.24) is 10.2 Å². The van der Waals surface area contributed by atoms with E-state index in [9.17, 15) is 4.79 Å². The third-order valence-corrected chi connectivity index (χ3v) is 2.61. The van der Waals surface area contributed by atoms with Crippen molar-refractivity contribution in [3.05, 3.63) is 23.8 Å². The van der Waals surface area contributed by atoms with E-state index in [0.29, 0.717) is 0 Å². The van der Waals surface area contributed by atoms with Crippen LogP contribution in [0.2, 0.25) is 0 Å². The number of carbonyl (C=O) groups is 1. The van der Waals surface area contributed by atoms with Crippen molar-refractivity contribution in [2.75, 3.05) is 12.4 Å². The molecule has 0 aliphatic heterocycles. The molecule has 4 heteroatoms. The molecule has 4 nitrogen and oxygen atoms in total. The zero-order valence-electron chi connectivity index (χ0n) is 9.66. The Labute approximate surface area is 94.0 Å². The van der Waals surface area contributed by atoms with E-state index in [-0.39, 0.29) is 11.7 Å². The van der Waals surface area contributed by atoms with Crippen molar-refractivity contribution in [2.45, 2.75) is 13.8 Å². The van der Waals surface area contributed by atoms with E-state index in [1.54, 1.807) is 0 Å². The van der Waals surface area contributed by atoms with Crippen LogP contribution in [0.3, 0.4) is 0 Å². The normalized spacial score (nSPS) is 11.0. The van der Waals surface area contributed by atoms with Gasteiger partial charge in [-0.25, -0.2) is 0 Å². The van der Waals surface area contributed by atoms with E-state index in [2.05, 4.69) is 15.5 Å². The monoisotopic (exact) mass is 217 g/mol. The number of benzene rings is 1. The zero-order chi connectivity index (χ0) is 11.7. The Bertz CT molecular complexity index is 528. The van der Waals surface area contributed by atoms with Gasteiger partial charge >= 0.3 is 0 Å². The number of nitrogens with zero attached hydrogens (tertiary/aromatic N) is 1. The van der Waals surface area contributed by atoms with Crippen molar-refractivity contribution in [2.24, 2.45) is 5.92 Å². The Hall–Kier alpha value is -1.84. The number of ketones is 1. The largest absolute Gasteiger partial charge is 0.371 e. The van der Waals surface area contributed by atoms with Crippen LogP contribution in [-0.2, 0) is 0 Å². The molecule has 0 bridgehead atoms. The molecule has 1 aromatic carbocycles. The van der Waals surface area contributed by atoms with Gasteiger partial charge in [0.05, 0.1) is 5.52 Å². The fourth-order valence-corrected chi connectivity index (χ4v) is 1.70. The molecule has 1 heterocycles. The number of aromatic nitrogens is 2. The van der Waals surface area contributed by atoms with Gasteiger partial charge < -0.3 is 5.32 Å². The van der Waals surface area contributed by atoms with Crippen LogP contribution in [0.15, 0.2) is 18.2 Å². The van der Waals surface area contributed by atoms with Gasteiger partial charge in [0.1, 0.15) is 0 Å². The molecule has 0 saturated heterocycles. The molecule has 0 fully saturated rings. The average Bonchev–Trinajstić information content (AvgIpc) is 2.69. The number of H-pyrrole nitrogens is 1. The fraction of sp³-hybridized carbons (Fsp3) is 0.333. The van der Waals surface area contributed by atoms with Gasteiger partial charge in [-0.05, 0) is 12.1 Å². The molecule has 0 aliphatic rings. The molecule has 0 aliphatic carbocycles. The van der Waals surface area contributed by atoms with Crippen LogP contribution in [0.4, 0.5) is 5.82 Å². The molecule has 0 unspecified atom stereocenters. The molecule has 84 valence electrons. The van der Waals surface area contributed by atoms with E-state index >= 15 is 0 Å². The highest BCUT2D eigenvalue weighted by molar-refractivity contribution is 6.01. The average molecular weight is 217 g/mol. The summed E-state index contributed by atoms with van der Waals surface area (Å²) in [6.45, 7) is 3.80. The SMILES string of the molecule is CNc1n[nH]c2cc(C(=O)C(C)C)ccc12. The van der Waals surface area contributed by atoms with Gasteiger partial charge in [0.15, 0.2) is 11.6 Å². The number of fused-ring (bicyclic) bond motifs is 1. The van der Waals surface area contributed by atoms with Crippen LogP contribution in [0.5, 0.6) is 0 Å². The number of carbonyl (C=O) groups excluding carboxylic acids is 1. The minimum atomic E-state index is 0.0177. The first kappa shape index (κ1) is 10.7. The van der Waals surface area contributed by atoms with Gasteiger partial charge in [0.25, 0.3) is 0 Å². The van der Waals surface area contributed by atoms with Gasteiger partial charge in [-0.3, -0.25) is 9.89 Å². The summed E-state index contributed by atoms with van der Waals surface area (Å²) < 4.78 is 0. The molecular formula is C12H15N3O. The van der Waals surface area contributed by atoms with E-state index in [1.165, 1.54) is 0 Å². The first-order valence-corrected chi connectivity index (χ1v) is 5.33. The Morgan fingerprint density at radius 3 is 2.81 bits per heavy atom. The predicted octanol–water partition coefficient (Wildman–Crippen LogP) is 2.44. The summed E-state index contributed by atoms with van der Waals surface area (Å²) >= 11 is 0. The molecule has 0 atom stereocenters. The van der Waals surface area contributed by atoms with E-state index < -0.39 is 0 Å². The summed E-state index contributed by atoms with van der Waals surface area (Å²) in [5, 5.41) is 11.0. The molecule has 1 aromatic heterocycles. The Kier molecular flexibility index (Phi) is 2.64. The predicted molar refractivity (Wildman–Crippen MR) is 64.8 cm³/mol. The third-order valence-electron chi connectivity index (χ3n) is 2.61. The molecule has 2 N–H and O–H groups in total. The van der Waals surface area contributed by atoms with Crippen molar-refractivity contribution in [3.63, 3.8) is 0 Å². The Morgan fingerprint density at radius 2 is 2.19 bits per heavy atom. The van der Waals surface area contributed by atoms with Gasteiger partial charge in [-0.15, -0.1) is 0 Å². The molecule has 0 radical (unpaired) electrons. The van der Waals surface area contributed by atoms with Gasteiger partial charge in [-0.1, -0.05) is 19.9 Å². The van der Waals surface area contributed by atoms with Crippen molar-refractivity contribution < 1.29 is 4.79 Å². The van der Waals surface area contributed by atoms with Crippen molar-refractivity contribution in [3.8, 4) is 0 Å². The second-order valence-electron chi connectivity index (χ2n) is 4.10. The highest BCUT2D eigenvalue weighted by Crippen LogP contribution is 2.22. The maximum Gasteiger partial charge on any atom is 0.165 e. The second kappa shape index (κ2) is 3.96. The van der Waals surface area contributed by atoms with Crippen molar-refractivity contribution in [1.29, 1.82) is 0 Å². The van der Waals surface area contributed by atoms with Crippen LogP contribution >= 0.6 is 0 Å². The maximum atomic E-state index is 11.8. The van der Waals surface area contributed by atoms with Crippen molar-refractivity contribution >= 4 is 22.5 Å². The quantitative estimate of drug-likeness (QED) is 0.776. The van der Waals surface area contributed by atoms with Crippen LogP contribution in [0.1, 0.15) is 24.2 Å². The number of Topliss-reactive ketones (excluding diaryl/α,β-unsaturated/α-hetero) is 1. The molecule has 0 amide bonds. The second-order valence-corrected chi connectivity index (χ2v) is 4.10. The van der Waals surface area contributed by atoms with Gasteiger partial charge in [0, 0.05) is 23.9 Å². The highest BCUT2D eigenvalue weighted by atomic mass is 16.1. The molecule has 16 heavy (non-hydrogen) atoms. The lowest BCUT2D eigenvalue weighted by Gasteiger charge is -2.03. The summed E-state index contributed by atoms with van der Waals surface area (Å²) in [6.07, 6.45) is 0. The summed E-state index contributed by atoms with van der Waals surface area (Å²) in [4.78, 5) is 11.8. The molecule has 0 spiro atoms. The summed E-state index contributed by atoms with van der Waals surface area (Å²) in [6, 6.07) is 5.62. The first-order chi connectivity index (χ1) is 7.63. The van der Waals surface area contributed by atoms with Crippen LogP contribution in [0.25, 0.3) is 10.9 Å². The molecular weight excluding hydrogens is 202 g/mol. The maximum absolute atomic E-state index is 11.8. The number of hydrogen-bond donors (Lipinski definition) is 2. The van der Waals surface area contributed by atoms with Crippen LogP contribution in [-0.4, -0.2) is 23.0 Å². The summed E-state index contributed by atoms with van der Waals surface area (Å²) in [5.74, 6) is 0.977. The van der Waals surface area contributed by atoms with Gasteiger partial charge in [0.2, 0.25) is 0 Å². The number of aromatic amines is 1. The standard InChI is InChI=1S/C12H15N3O/c1-7(2)11(16)8-4-5-9-10(6-8)14-15-12(9)13-3/h4-7H,1-3H3,(H2,13,14,15). The number of rotatable bonds is 3.